The standard InChI is InChI=1S/C19H15ClN2OS2/c1-12-17(25-18(21-12)13-5-3-2-4-6-13)19-22(16(23)11-24-19)15-9-7-14(20)8-10-15/h2-10,19H,11H2,1H3. The Morgan fingerprint density at radius 3 is 2.56 bits per heavy atom. The van der Waals surface area contributed by atoms with Crippen LogP contribution in [-0.4, -0.2) is 16.6 Å². The maximum atomic E-state index is 12.5. The molecule has 0 N–H and O–H groups in total. The Morgan fingerprint density at radius 1 is 1.12 bits per heavy atom. The van der Waals surface area contributed by atoms with Gasteiger partial charge in [0.15, 0.2) is 0 Å². The zero-order chi connectivity index (χ0) is 17.4. The number of rotatable bonds is 3. The van der Waals surface area contributed by atoms with Crippen molar-refractivity contribution in [3.8, 4) is 10.6 Å². The molecule has 2 heterocycles. The lowest BCUT2D eigenvalue weighted by atomic mass is 10.2. The van der Waals surface area contributed by atoms with Gasteiger partial charge in [-0.25, -0.2) is 4.98 Å². The van der Waals surface area contributed by atoms with Crippen LogP contribution >= 0.6 is 34.7 Å². The quantitative estimate of drug-likeness (QED) is 0.591. The van der Waals surface area contributed by atoms with Crippen molar-refractivity contribution in [3.05, 3.63) is 70.2 Å². The summed E-state index contributed by atoms with van der Waals surface area (Å²) in [6.07, 6.45) is 0. The first kappa shape index (κ1) is 16.6. The van der Waals surface area contributed by atoms with E-state index in [1.165, 1.54) is 0 Å². The summed E-state index contributed by atoms with van der Waals surface area (Å²) in [6, 6.07) is 17.6. The number of aryl methyl sites for hydroxylation is 1. The number of thiazole rings is 1. The van der Waals surface area contributed by atoms with Crippen molar-refractivity contribution in [2.75, 3.05) is 10.7 Å². The Bertz CT molecular complexity index is 909. The summed E-state index contributed by atoms with van der Waals surface area (Å²) >= 11 is 9.30. The predicted molar refractivity (Wildman–Crippen MR) is 106 cm³/mol. The maximum Gasteiger partial charge on any atom is 0.238 e. The highest BCUT2D eigenvalue weighted by molar-refractivity contribution is 8.01. The zero-order valence-electron chi connectivity index (χ0n) is 13.5. The largest absolute Gasteiger partial charge is 0.294 e. The molecule has 1 amide bonds. The molecule has 1 unspecified atom stereocenters. The summed E-state index contributed by atoms with van der Waals surface area (Å²) in [5.74, 6) is 0.595. The van der Waals surface area contributed by atoms with Crippen LogP contribution in [0.1, 0.15) is 15.9 Å². The van der Waals surface area contributed by atoms with Crippen LogP contribution in [0.25, 0.3) is 10.6 Å². The van der Waals surface area contributed by atoms with Crippen LogP contribution in [-0.2, 0) is 4.79 Å². The molecule has 4 rings (SSSR count). The number of thioether (sulfide) groups is 1. The molecule has 1 saturated heterocycles. The van der Waals surface area contributed by atoms with Gasteiger partial charge in [-0.15, -0.1) is 23.1 Å². The van der Waals surface area contributed by atoms with Gasteiger partial charge < -0.3 is 0 Å². The van der Waals surface area contributed by atoms with E-state index in [0.717, 1.165) is 26.8 Å². The molecular formula is C19H15ClN2OS2. The van der Waals surface area contributed by atoms with Crippen LogP contribution in [0.2, 0.25) is 5.02 Å². The topological polar surface area (TPSA) is 33.2 Å². The van der Waals surface area contributed by atoms with Gasteiger partial charge in [0.2, 0.25) is 5.91 Å². The Balaban J connectivity index is 1.72. The number of benzene rings is 2. The number of hydrogen-bond donors (Lipinski definition) is 0. The van der Waals surface area contributed by atoms with Crippen molar-refractivity contribution >= 4 is 46.3 Å². The van der Waals surface area contributed by atoms with E-state index < -0.39 is 0 Å². The van der Waals surface area contributed by atoms with Crippen LogP contribution in [0.15, 0.2) is 54.6 Å². The summed E-state index contributed by atoms with van der Waals surface area (Å²) < 4.78 is 0. The van der Waals surface area contributed by atoms with Gasteiger partial charge in [0.1, 0.15) is 10.4 Å². The van der Waals surface area contributed by atoms with Crippen molar-refractivity contribution in [1.29, 1.82) is 0 Å². The van der Waals surface area contributed by atoms with Crippen LogP contribution < -0.4 is 4.90 Å². The lowest BCUT2D eigenvalue weighted by molar-refractivity contribution is -0.115. The molecule has 1 fully saturated rings. The molecule has 6 heteroatoms. The number of amides is 1. The normalized spacial score (nSPS) is 17.3. The van der Waals surface area contributed by atoms with Gasteiger partial charge in [0.05, 0.1) is 16.3 Å². The number of halogens is 1. The Hall–Kier alpha value is -1.82. The molecule has 0 bridgehead atoms. The third-order valence-electron chi connectivity index (χ3n) is 4.05. The monoisotopic (exact) mass is 386 g/mol. The first-order chi connectivity index (χ1) is 12.1. The highest BCUT2D eigenvalue weighted by Gasteiger charge is 2.36. The summed E-state index contributed by atoms with van der Waals surface area (Å²) in [4.78, 5) is 20.2. The summed E-state index contributed by atoms with van der Waals surface area (Å²) in [7, 11) is 0. The van der Waals surface area contributed by atoms with E-state index in [1.807, 2.05) is 54.3 Å². The molecule has 126 valence electrons. The Labute approximate surface area is 159 Å². The van der Waals surface area contributed by atoms with E-state index in [1.54, 1.807) is 23.1 Å². The first-order valence-electron chi connectivity index (χ1n) is 7.85. The highest BCUT2D eigenvalue weighted by atomic mass is 35.5. The molecule has 0 saturated carbocycles. The summed E-state index contributed by atoms with van der Waals surface area (Å²) in [6.45, 7) is 2.02. The molecule has 3 aromatic rings. The minimum atomic E-state index is -0.0383. The first-order valence-corrected chi connectivity index (χ1v) is 10.1. The SMILES string of the molecule is Cc1nc(-c2ccccc2)sc1C1SCC(=O)N1c1ccc(Cl)cc1. The van der Waals surface area contributed by atoms with Crippen LogP contribution in [0.3, 0.4) is 0 Å². The molecule has 1 aliphatic rings. The van der Waals surface area contributed by atoms with E-state index >= 15 is 0 Å². The molecule has 0 radical (unpaired) electrons. The van der Waals surface area contributed by atoms with E-state index in [4.69, 9.17) is 16.6 Å². The molecule has 1 aliphatic heterocycles. The lowest BCUT2D eigenvalue weighted by Gasteiger charge is -2.23. The minimum absolute atomic E-state index is 0.0383. The van der Waals surface area contributed by atoms with Gasteiger partial charge in [0.25, 0.3) is 0 Å². The molecular weight excluding hydrogens is 372 g/mol. The molecule has 1 aromatic heterocycles. The van der Waals surface area contributed by atoms with Crippen LogP contribution in [0.5, 0.6) is 0 Å². The molecule has 3 nitrogen and oxygen atoms in total. The number of nitrogens with zero attached hydrogens (tertiary/aromatic N) is 2. The number of carbonyl (C=O) groups is 1. The van der Waals surface area contributed by atoms with Crippen LogP contribution in [0.4, 0.5) is 5.69 Å². The van der Waals surface area contributed by atoms with E-state index in [0.29, 0.717) is 10.8 Å². The second-order valence-electron chi connectivity index (χ2n) is 5.74. The van der Waals surface area contributed by atoms with Gasteiger partial charge >= 0.3 is 0 Å². The Morgan fingerprint density at radius 2 is 1.84 bits per heavy atom. The zero-order valence-corrected chi connectivity index (χ0v) is 15.9. The van der Waals surface area contributed by atoms with E-state index in [2.05, 4.69) is 12.1 Å². The lowest BCUT2D eigenvalue weighted by Crippen LogP contribution is -2.27. The second-order valence-corrected chi connectivity index (χ2v) is 8.27. The maximum absolute atomic E-state index is 12.5. The average molecular weight is 387 g/mol. The summed E-state index contributed by atoms with van der Waals surface area (Å²) in [5, 5.41) is 1.62. The average Bonchev–Trinajstić information content (AvgIpc) is 3.19. The number of hydrogen-bond acceptors (Lipinski definition) is 4. The van der Waals surface area contributed by atoms with Crippen molar-refractivity contribution in [2.45, 2.75) is 12.3 Å². The van der Waals surface area contributed by atoms with Crippen molar-refractivity contribution in [2.24, 2.45) is 0 Å². The van der Waals surface area contributed by atoms with Crippen molar-refractivity contribution < 1.29 is 4.79 Å². The smallest absolute Gasteiger partial charge is 0.238 e. The minimum Gasteiger partial charge on any atom is -0.294 e. The van der Waals surface area contributed by atoms with E-state index in [9.17, 15) is 4.79 Å². The molecule has 25 heavy (non-hydrogen) atoms. The van der Waals surface area contributed by atoms with Gasteiger partial charge in [-0.3, -0.25) is 9.69 Å². The number of carbonyl (C=O) groups excluding carboxylic acids is 1. The van der Waals surface area contributed by atoms with E-state index in [-0.39, 0.29) is 11.3 Å². The molecule has 2 aromatic carbocycles. The number of aromatic nitrogens is 1. The molecule has 1 atom stereocenters. The van der Waals surface area contributed by atoms with Crippen molar-refractivity contribution in [3.63, 3.8) is 0 Å². The third kappa shape index (κ3) is 3.19. The van der Waals surface area contributed by atoms with Gasteiger partial charge in [0, 0.05) is 16.3 Å². The fraction of sp³-hybridized carbons (Fsp3) is 0.158. The predicted octanol–water partition coefficient (Wildman–Crippen LogP) is 5.55. The second kappa shape index (κ2) is 6.83. The number of anilines is 1. The highest BCUT2D eigenvalue weighted by Crippen LogP contribution is 2.46. The van der Waals surface area contributed by atoms with Gasteiger partial charge in [-0.2, -0.15) is 0 Å². The Kier molecular flexibility index (Phi) is 4.54. The van der Waals surface area contributed by atoms with Crippen molar-refractivity contribution in [1.82, 2.24) is 4.98 Å². The summed E-state index contributed by atoms with van der Waals surface area (Å²) in [5.41, 5.74) is 2.96. The third-order valence-corrected chi connectivity index (χ3v) is 6.89. The van der Waals surface area contributed by atoms with Crippen LogP contribution in [0, 0.1) is 6.92 Å². The fourth-order valence-electron chi connectivity index (χ4n) is 2.84. The molecule has 0 spiro atoms. The van der Waals surface area contributed by atoms with Gasteiger partial charge in [-0.1, -0.05) is 41.9 Å². The fourth-order valence-corrected chi connectivity index (χ4v) is 5.51. The van der Waals surface area contributed by atoms with Gasteiger partial charge in [-0.05, 0) is 31.2 Å². The molecule has 0 aliphatic carbocycles.